The van der Waals surface area contributed by atoms with Gasteiger partial charge in [-0.25, -0.2) is 4.39 Å². The lowest BCUT2D eigenvalue weighted by Gasteiger charge is -2.17. The van der Waals surface area contributed by atoms with E-state index in [0.717, 1.165) is 13.0 Å². The molecule has 2 heterocycles. The van der Waals surface area contributed by atoms with Gasteiger partial charge in [-0.3, -0.25) is 15.0 Å². The molecule has 1 atom stereocenters. The molecule has 0 saturated heterocycles. The molecule has 4 nitrogen and oxygen atoms in total. The highest BCUT2D eigenvalue weighted by Gasteiger charge is 2.19. The second kappa shape index (κ2) is 6.16. The van der Waals surface area contributed by atoms with Crippen LogP contribution in [-0.4, -0.2) is 21.5 Å². The van der Waals surface area contributed by atoms with Gasteiger partial charge in [-0.2, -0.15) is 0 Å². The molecule has 0 spiro atoms. The maximum absolute atomic E-state index is 13.8. The molecule has 94 valence electrons. The molecule has 0 aromatic carbocycles. The molecule has 0 aliphatic heterocycles. The predicted molar refractivity (Wildman–Crippen MR) is 66.4 cm³/mol. The first kappa shape index (κ1) is 12.6. The van der Waals surface area contributed by atoms with Gasteiger partial charge < -0.3 is 5.32 Å². The largest absolute Gasteiger partial charge is 0.304 e. The van der Waals surface area contributed by atoms with E-state index in [4.69, 9.17) is 0 Å². The van der Waals surface area contributed by atoms with Crippen LogP contribution in [0.5, 0.6) is 0 Å². The minimum Gasteiger partial charge on any atom is -0.304 e. The van der Waals surface area contributed by atoms with Crippen LogP contribution in [0.2, 0.25) is 0 Å². The molecule has 2 rings (SSSR count). The normalized spacial score (nSPS) is 12.3. The number of rotatable bonds is 5. The Morgan fingerprint density at radius 2 is 2.17 bits per heavy atom. The SMILES string of the molecule is CCCNC(c1cnccn1)c1ncccc1F. The van der Waals surface area contributed by atoms with Gasteiger partial charge in [-0.1, -0.05) is 6.92 Å². The van der Waals surface area contributed by atoms with Crippen LogP contribution in [0.1, 0.15) is 30.8 Å². The summed E-state index contributed by atoms with van der Waals surface area (Å²) in [6.45, 7) is 2.81. The standard InChI is InChI=1S/C13H15FN4/c1-2-5-17-13(11-9-15-7-8-16-11)12-10(14)4-3-6-18-12/h3-4,6-9,13,17H,2,5H2,1H3. The van der Waals surface area contributed by atoms with Crippen molar-refractivity contribution < 1.29 is 4.39 Å². The summed E-state index contributed by atoms with van der Waals surface area (Å²) >= 11 is 0. The van der Waals surface area contributed by atoms with Crippen LogP contribution in [0.15, 0.2) is 36.9 Å². The van der Waals surface area contributed by atoms with Crippen LogP contribution < -0.4 is 5.32 Å². The van der Waals surface area contributed by atoms with Gasteiger partial charge in [0.05, 0.1) is 23.6 Å². The van der Waals surface area contributed by atoms with E-state index < -0.39 is 0 Å². The van der Waals surface area contributed by atoms with Gasteiger partial charge in [0.25, 0.3) is 0 Å². The van der Waals surface area contributed by atoms with E-state index in [1.165, 1.54) is 6.07 Å². The maximum atomic E-state index is 13.8. The van der Waals surface area contributed by atoms with Gasteiger partial charge in [0.1, 0.15) is 5.82 Å². The number of aromatic nitrogens is 3. The molecule has 2 aromatic heterocycles. The molecule has 5 heteroatoms. The Labute approximate surface area is 105 Å². The van der Waals surface area contributed by atoms with Crippen molar-refractivity contribution in [3.05, 3.63) is 54.1 Å². The van der Waals surface area contributed by atoms with Crippen molar-refractivity contribution in [3.63, 3.8) is 0 Å². The van der Waals surface area contributed by atoms with Crippen molar-refractivity contribution >= 4 is 0 Å². The number of hydrogen-bond donors (Lipinski definition) is 1. The van der Waals surface area contributed by atoms with E-state index in [1.54, 1.807) is 30.9 Å². The van der Waals surface area contributed by atoms with Crippen LogP contribution in [0.25, 0.3) is 0 Å². The molecule has 0 aliphatic rings. The quantitative estimate of drug-likeness (QED) is 0.877. The van der Waals surface area contributed by atoms with E-state index in [2.05, 4.69) is 27.2 Å². The third kappa shape index (κ3) is 2.87. The second-order valence-electron chi connectivity index (χ2n) is 3.89. The van der Waals surface area contributed by atoms with Crippen LogP contribution in [-0.2, 0) is 0 Å². The molecule has 2 aromatic rings. The van der Waals surface area contributed by atoms with Gasteiger partial charge in [-0.05, 0) is 25.1 Å². The minimum absolute atomic E-state index is 0.336. The molecule has 18 heavy (non-hydrogen) atoms. The van der Waals surface area contributed by atoms with Gasteiger partial charge in [0.2, 0.25) is 0 Å². The summed E-state index contributed by atoms with van der Waals surface area (Å²) in [4.78, 5) is 12.3. The zero-order chi connectivity index (χ0) is 12.8. The highest BCUT2D eigenvalue weighted by Crippen LogP contribution is 2.19. The fourth-order valence-corrected chi connectivity index (χ4v) is 1.70. The summed E-state index contributed by atoms with van der Waals surface area (Å²) < 4.78 is 13.8. The Morgan fingerprint density at radius 3 is 2.83 bits per heavy atom. The molecule has 0 amide bonds. The predicted octanol–water partition coefficient (Wildman–Crippen LogP) is 2.10. The van der Waals surface area contributed by atoms with Crippen LogP contribution >= 0.6 is 0 Å². The molecular formula is C13H15FN4. The third-order valence-electron chi connectivity index (χ3n) is 2.54. The summed E-state index contributed by atoms with van der Waals surface area (Å²) in [6, 6.07) is 2.62. The van der Waals surface area contributed by atoms with Crippen molar-refractivity contribution in [1.82, 2.24) is 20.3 Å². The Kier molecular flexibility index (Phi) is 4.30. The smallest absolute Gasteiger partial charge is 0.146 e. The van der Waals surface area contributed by atoms with E-state index in [0.29, 0.717) is 11.4 Å². The molecule has 0 radical (unpaired) electrons. The fourth-order valence-electron chi connectivity index (χ4n) is 1.70. The van der Waals surface area contributed by atoms with Crippen molar-refractivity contribution in [1.29, 1.82) is 0 Å². The third-order valence-corrected chi connectivity index (χ3v) is 2.54. The Hall–Kier alpha value is -1.88. The van der Waals surface area contributed by atoms with Crippen molar-refractivity contribution in [2.45, 2.75) is 19.4 Å². The molecule has 0 saturated carbocycles. The summed E-state index contributed by atoms with van der Waals surface area (Å²) in [5.41, 5.74) is 1.02. The van der Waals surface area contributed by atoms with Gasteiger partial charge in [-0.15, -0.1) is 0 Å². The van der Waals surface area contributed by atoms with Gasteiger partial charge >= 0.3 is 0 Å². The van der Waals surface area contributed by atoms with E-state index >= 15 is 0 Å². The highest BCUT2D eigenvalue weighted by atomic mass is 19.1. The average molecular weight is 246 g/mol. The lowest BCUT2D eigenvalue weighted by atomic mass is 10.1. The van der Waals surface area contributed by atoms with Crippen LogP contribution in [0, 0.1) is 5.82 Å². The molecule has 0 aliphatic carbocycles. The fraction of sp³-hybridized carbons (Fsp3) is 0.308. The van der Waals surface area contributed by atoms with Gasteiger partial charge in [0.15, 0.2) is 0 Å². The Balaban J connectivity index is 2.34. The number of nitrogens with one attached hydrogen (secondary N) is 1. The number of nitrogens with zero attached hydrogens (tertiary/aromatic N) is 3. The zero-order valence-corrected chi connectivity index (χ0v) is 10.2. The van der Waals surface area contributed by atoms with Gasteiger partial charge in [0, 0.05) is 18.6 Å². The minimum atomic E-state index is -0.361. The van der Waals surface area contributed by atoms with Crippen LogP contribution in [0.3, 0.4) is 0 Å². The van der Waals surface area contributed by atoms with Crippen molar-refractivity contribution in [2.24, 2.45) is 0 Å². The van der Waals surface area contributed by atoms with E-state index in [9.17, 15) is 4.39 Å². The highest BCUT2D eigenvalue weighted by molar-refractivity contribution is 5.21. The zero-order valence-electron chi connectivity index (χ0n) is 10.2. The summed E-state index contributed by atoms with van der Waals surface area (Å²) in [5, 5.41) is 3.24. The van der Waals surface area contributed by atoms with Crippen molar-refractivity contribution in [2.75, 3.05) is 6.54 Å². The number of halogens is 1. The Bertz CT molecular complexity index is 489. The van der Waals surface area contributed by atoms with E-state index in [1.807, 2.05) is 0 Å². The molecule has 0 bridgehead atoms. The first-order chi connectivity index (χ1) is 8.83. The first-order valence-electron chi connectivity index (χ1n) is 5.92. The lowest BCUT2D eigenvalue weighted by molar-refractivity contribution is 0.523. The molecule has 0 fully saturated rings. The Morgan fingerprint density at radius 1 is 1.28 bits per heavy atom. The first-order valence-corrected chi connectivity index (χ1v) is 5.92. The maximum Gasteiger partial charge on any atom is 0.146 e. The topological polar surface area (TPSA) is 50.7 Å². The summed E-state index contributed by atoms with van der Waals surface area (Å²) in [6.07, 6.45) is 7.34. The summed E-state index contributed by atoms with van der Waals surface area (Å²) in [7, 11) is 0. The lowest BCUT2D eigenvalue weighted by Crippen LogP contribution is -2.26. The van der Waals surface area contributed by atoms with Crippen molar-refractivity contribution in [3.8, 4) is 0 Å². The summed E-state index contributed by atoms with van der Waals surface area (Å²) in [5.74, 6) is -0.336. The molecular weight excluding hydrogens is 231 g/mol. The number of pyridine rings is 1. The monoisotopic (exact) mass is 246 g/mol. The van der Waals surface area contributed by atoms with Crippen LogP contribution in [0.4, 0.5) is 4.39 Å². The molecule has 1 N–H and O–H groups in total. The number of hydrogen-bond acceptors (Lipinski definition) is 4. The molecule has 1 unspecified atom stereocenters. The van der Waals surface area contributed by atoms with E-state index in [-0.39, 0.29) is 11.9 Å². The second-order valence-corrected chi connectivity index (χ2v) is 3.89. The average Bonchev–Trinajstić information content (AvgIpc) is 2.42.